The molecular formula is C14H27NOS. The van der Waals surface area contributed by atoms with E-state index in [4.69, 9.17) is 4.74 Å². The lowest BCUT2D eigenvalue weighted by atomic mass is 10.0. The van der Waals surface area contributed by atoms with Crippen LogP contribution in [0.4, 0.5) is 0 Å². The predicted octanol–water partition coefficient (Wildman–Crippen LogP) is 3.58. The van der Waals surface area contributed by atoms with Gasteiger partial charge in [-0.15, -0.1) is 0 Å². The third-order valence-electron chi connectivity index (χ3n) is 3.17. The Hall–Kier alpha value is -0.150. The Morgan fingerprint density at radius 3 is 2.88 bits per heavy atom. The first-order valence-electron chi connectivity index (χ1n) is 6.93. The molecule has 2 unspecified atom stereocenters. The molecule has 0 aliphatic carbocycles. The molecule has 1 heterocycles. The molecule has 0 radical (unpaired) electrons. The summed E-state index contributed by atoms with van der Waals surface area (Å²) in [4.78, 5) is 0. The van der Waals surface area contributed by atoms with Crippen LogP contribution >= 0.6 is 11.8 Å². The summed E-state index contributed by atoms with van der Waals surface area (Å²) in [6.07, 6.45) is 6.81. The van der Waals surface area contributed by atoms with Crippen molar-refractivity contribution in [1.29, 1.82) is 0 Å². The average molecular weight is 257 g/mol. The van der Waals surface area contributed by atoms with Crippen LogP contribution in [-0.2, 0) is 4.74 Å². The minimum Gasteiger partial charge on any atom is -0.501 e. The van der Waals surface area contributed by atoms with Crippen molar-refractivity contribution in [3.8, 4) is 0 Å². The highest BCUT2D eigenvalue weighted by Gasteiger charge is 2.17. The van der Waals surface area contributed by atoms with Crippen molar-refractivity contribution in [1.82, 2.24) is 5.32 Å². The van der Waals surface area contributed by atoms with Gasteiger partial charge >= 0.3 is 0 Å². The van der Waals surface area contributed by atoms with Crippen molar-refractivity contribution < 1.29 is 4.74 Å². The predicted molar refractivity (Wildman–Crippen MR) is 77.6 cm³/mol. The Kier molecular flexibility index (Phi) is 7.78. The topological polar surface area (TPSA) is 21.3 Å². The average Bonchev–Trinajstić information content (AvgIpc) is 2.39. The van der Waals surface area contributed by atoms with Gasteiger partial charge in [0.2, 0.25) is 0 Å². The Bertz CT molecular complexity index is 230. The monoisotopic (exact) mass is 257 g/mol. The quantitative estimate of drug-likeness (QED) is 0.718. The Morgan fingerprint density at radius 1 is 1.47 bits per heavy atom. The molecule has 0 fully saturated rings. The van der Waals surface area contributed by atoms with Gasteiger partial charge in [0.15, 0.2) is 0 Å². The molecule has 1 aliphatic heterocycles. The van der Waals surface area contributed by atoms with Crippen molar-refractivity contribution in [3.05, 3.63) is 11.8 Å². The van der Waals surface area contributed by atoms with Crippen molar-refractivity contribution in [2.24, 2.45) is 0 Å². The first-order valence-corrected chi connectivity index (χ1v) is 7.98. The smallest absolute Gasteiger partial charge is 0.0876 e. The maximum atomic E-state index is 5.46. The van der Waals surface area contributed by atoms with Gasteiger partial charge < -0.3 is 10.1 Å². The lowest BCUT2D eigenvalue weighted by molar-refractivity contribution is 0.220. The fraction of sp³-hybridized carbons (Fsp3) is 0.857. The van der Waals surface area contributed by atoms with Crippen LogP contribution in [0.15, 0.2) is 11.8 Å². The fourth-order valence-electron chi connectivity index (χ4n) is 1.83. The van der Waals surface area contributed by atoms with Crippen LogP contribution < -0.4 is 5.32 Å². The van der Waals surface area contributed by atoms with Crippen molar-refractivity contribution in [2.75, 3.05) is 18.9 Å². The maximum absolute atomic E-state index is 5.46. The highest BCUT2D eigenvalue weighted by atomic mass is 32.2. The second-order valence-electron chi connectivity index (χ2n) is 4.73. The van der Waals surface area contributed by atoms with Crippen LogP contribution in [-0.4, -0.2) is 30.2 Å². The molecule has 0 aromatic heterocycles. The summed E-state index contributed by atoms with van der Waals surface area (Å²) >= 11 is 2.07. The van der Waals surface area contributed by atoms with Gasteiger partial charge in [0.1, 0.15) is 0 Å². The summed E-state index contributed by atoms with van der Waals surface area (Å²) < 4.78 is 5.46. The Morgan fingerprint density at radius 2 is 2.29 bits per heavy atom. The van der Waals surface area contributed by atoms with E-state index in [9.17, 15) is 0 Å². The molecule has 2 nitrogen and oxygen atoms in total. The molecule has 0 bridgehead atoms. The highest BCUT2D eigenvalue weighted by molar-refractivity contribution is 7.99. The number of hydrogen-bond donors (Lipinski definition) is 1. The molecule has 0 saturated carbocycles. The lowest BCUT2D eigenvalue weighted by Crippen LogP contribution is -2.35. The van der Waals surface area contributed by atoms with E-state index < -0.39 is 0 Å². The minimum absolute atomic E-state index is 0.509. The van der Waals surface area contributed by atoms with Crippen LogP contribution in [0, 0.1) is 0 Å². The third kappa shape index (κ3) is 5.82. The molecule has 0 aromatic carbocycles. The first-order chi connectivity index (χ1) is 8.27. The van der Waals surface area contributed by atoms with Gasteiger partial charge in [0, 0.05) is 17.0 Å². The summed E-state index contributed by atoms with van der Waals surface area (Å²) in [6, 6.07) is 0.509. The second kappa shape index (κ2) is 8.87. The van der Waals surface area contributed by atoms with Crippen LogP contribution in [0.1, 0.15) is 46.5 Å². The van der Waals surface area contributed by atoms with E-state index >= 15 is 0 Å². The van der Waals surface area contributed by atoms with Crippen LogP contribution in [0.2, 0.25) is 0 Å². The Labute approximate surface area is 111 Å². The van der Waals surface area contributed by atoms with Crippen molar-refractivity contribution >= 4 is 11.8 Å². The molecule has 1 rings (SSSR count). The largest absolute Gasteiger partial charge is 0.501 e. The van der Waals surface area contributed by atoms with Gasteiger partial charge in [-0.25, -0.2) is 0 Å². The van der Waals surface area contributed by atoms with Gasteiger partial charge in [0.05, 0.1) is 12.9 Å². The molecule has 100 valence electrons. The van der Waals surface area contributed by atoms with Gasteiger partial charge in [0.25, 0.3) is 0 Å². The molecule has 0 saturated heterocycles. The van der Waals surface area contributed by atoms with E-state index in [0.717, 1.165) is 18.4 Å². The summed E-state index contributed by atoms with van der Waals surface area (Å²) in [6.45, 7) is 8.78. The van der Waals surface area contributed by atoms with E-state index in [0.29, 0.717) is 6.04 Å². The third-order valence-corrected chi connectivity index (χ3v) is 4.60. The molecular weight excluding hydrogens is 230 g/mol. The zero-order chi connectivity index (χ0) is 12.5. The number of hydrogen-bond acceptors (Lipinski definition) is 3. The minimum atomic E-state index is 0.509. The molecule has 1 N–H and O–H groups in total. The summed E-state index contributed by atoms with van der Waals surface area (Å²) in [5, 5.41) is 4.41. The van der Waals surface area contributed by atoms with Crippen LogP contribution in [0.25, 0.3) is 0 Å². The maximum Gasteiger partial charge on any atom is 0.0876 e. The second-order valence-corrected chi connectivity index (χ2v) is 6.20. The lowest BCUT2D eigenvalue weighted by Gasteiger charge is -2.25. The van der Waals surface area contributed by atoms with E-state index in [-0.39, 0.29) is 0 Å². The SMILES string of the molecule is CCCNC(CSC(C)CC)C1=COCCC1. The zero-order valence-electron chi connectivity index (χ0n) is 11.5. The van der Waals surface area contributed by atoms with Crippen molar-refractivity contribution in [3.63, 3.8) is 0 Å². The molecule has 0 amide bonds. The van der Waals surface area contributed by atoms with Crippen LogP contribution in [0.5, 0.6) is 0 Å². The van der Waals surface area contributed by atoms with E-state index in [1.54, 1.807) is 0 Å². The number of rotatable bonds is 8. The molecule has 2 atom stereocenters. The fourth-order valence-corrected chi connectivity index (χ4v) is 2.92. The van der Waals surface area contributed by atoms with Gasteiger partial charge in [-0.05, 0) is 37.8 Å². The van der Waals surface area contributed by atoms with E-state index in [1.165, 1.54) is 37.0 Å². The first kappa shape index (κ1) is 14.9. The normalized spacial score (nSPS) is 19.4. The van der Waals surface area contributed by atoms with Crippen molar-refractivity contribution in [2.45, 2.75) is 57.7 Å². The zero-order valence-corrected chi connectivity index (χ0v) is 12.3. The number of ether oxygens (including phenoxy) is 1. The van der Waals surface area contributed by atoms with Gasteiger partial charge in [-0.3, -0.25) is 0 Å². The highest BCUT2D eigenvalue weighted by Crippen LogP contribution is 2.22. The summed E-state index contributed by atoms with van der Waals surface area (Å²) in [5.41, 5.74) is 1.46. The molecule has 17 heavy (non-hydrogen) atoms. The number of nitrogens with one attached hydrogen (secondary N) is 1. The van der Waals surface area contributed by atoms with Gasteiger partial charge in [-0.1, -0.05) is 20.8 Å². The standard InChI is InChI=1S/C14H27NOS/c1-4-8-15-14(11-17-12(3)5-2)13-7-6-9-16-10-13/h10,12,14-15H,4-9,11H2,1-3H3. The summed E-state index contributed by atoms with van der Waals surface area (Å²) in [7, 11) is 0. The van der Waals surface area contributed by atoms with E-state index in [2.05, 4.69) is 37.8 Å². The molecule has 0 spiro atoms. The van der Waals surface area contributed by atoms with E-state index in [1.807, 2.05) is 6.26 Å². The molecule has 1 aliphatic rings. The molecule has 3 heteroatoms. The number of thioether (sulfide) groups is 1. The summed E-state index contributed by atoms with van der Waals surface area (Å²) in [5.74, 6) is 1.17. The Balaban J connectivity index is 2.44. The molecule has 0 aromatic rings. The van der Waals surface area contributed by atoms with Crippen LogP contribution in [0.3, 0.4) is 0 Å². The van der Waals surface area contributed by atoms with Gasteiger partial charge in [-0.2, -0.15) is 11.8 Å².